The molecular formula is C19H20N2O4S. The molecule has 26 heavy (non-hydrogen) atoms. The molecule has 0 atom stereocenters. The van der Waals surface area contributed by atoms with Crippen molar-refractivity contribution >= 4 is 27.3 Å². The number of aryl methyl sites for hydroxylation is 1. The van der Waals surface area contributed by atoms with Gasteiger partial charge >= 0.3 is 0 Å². The highest BCUT2D eigenvalue weighted by Crippen LogP contribution is 2.34. The maximum atomic E-state index is 13.1. The van der Waals surface area contributed by atoms with Gasteiger partial charge in [-0.05, 0) is 48.7 Å². The number of carbonyl (C=O) groups excluding carboxylic acids is 1. The number of para-hydroxylation sites is 2. The molecule has 0 aromatic heterocycles. The molecule has 0 saturated heterocycles. The van der Waals surface area contributed by atoms with Crippen LogP contribution in [-0.2, 0) is 16.4 Å². The van der Waals surface area contributed by atoms with E-state index in [1.165, 1.54) is 10.6 Å². The van der Waals surface area contributed by atoms with Gasteiger partial charge in [0.25, 0.3) is 5.91 Å². The fourth-order valence-corrected chi connectivity index (χ4v) is 4.57. The van der Waals surface area contributed by atoms with Gasteiger partial charge in [0, 0.05) is 12.1 Å². The Morgan fingerprint density at radius 3 is 2.69 bits per heavy atom. The molecule has 6 nitrogen and oxygen atoms in total. The van der Waals surface area contributed by atoms with E-state index in [0.29, 0.717) is 36.7 Å². The zero-order valence-corrected chi connectivity index (χ0v) is 15.3. The molecule has 0 aliphatic carbocycles. The van der Waals surface area contributed by atoms with E-state index in [2.05, 4.69) is 0 Å². The number of sulfonamides is 1. The molecule has 1 amide bonds. The first-order valence-electron chi connectivity index (χ1n) is 8.59. The van der Waals surface area contributed by atoms with Crippen molar-refractivity contribution in [3.05, 3.63) is 53.6 Å². The number of hydrogen-bond donors (Lipinski definition) is 0. The van der Waals surface area contributed by atoms with Gasteiger partial charge in [-0.15, -0.1) is 0 Å². The first-order chi connectivity index (χ1) is 12.4. The topological polar surface area (TPSA) is 66.9 Å². The van der Waals surface area contributed by atoms with Crippen molar-refractivity contribution in [2.45, 2.75) is 12.8 Å². The average molecular weight is 372 g/mol. The predicted octanol–water partition coefficient (Wildman–Crippen LogP) is 2.44. The quantitative estimate of drug-likeness (QED) is 0.812. The van der Waals surface area contributed by atoms with Crippen LogP contribution in [0.2, 0.25) is 0 Å². The molecule has 2 aliphatic heterocycles. The second-order valence-electron chi connectivity index (χ2n) is 6.56. The summed E-state index contributed by atoms with van der Waals surface area (Å²) >= 11 is 0. The number of benzene rings is 2. The Hall–Kier alpha value is -2.54. The maximum Gasteiger partial charge on any atom is 0.258 e. The molecule has 0 bridgehead atoms. The summed E-state index contributed by atoms with van der Waals surface area (Å²) in [6.07, 6.45) is 2.73. The van der Waals surface area contributed by atoms with E-state index >= 15 is 0 Å². The van der Waals surface area contributed by atoms with E-state index in [1.807, 2.05) is 30.3 Å². The molecular weight excluding hydrogens is 352 g/mol. The van der Waals surface area contributed by atoms with Gasteiger partial charge in [0.15, 0.2) is 0 Å². The van der Waals surface area contributed by atoms with E-state index in [9.17, 15) is 13.2 Å². The molecule has 0 spiro atoms. The maximum absolute atomic E-state index is 13.1. The summed E-state index contributed by atoms with van der Waals surface area (Å²) in [5.41, 5.74) is 2.90. The normalized spacial score (nSPS) is 16.5. The molecule has 2 aromatic carbocycles. The lowest BCUT2D eigenvalue weighted by molar-refractivity contribution is 0.0976. The summed E-state index contributed by atoms with van der Waals surface area (Å²) in [5.74, 6) is 0.605. The molecule has 0 N–H and O–H groups in total. The number of ether oxygens (including phenoxy) is 1. The Balaban J connectivity index is 1.69. The van der Waals surface area contributed by atoms with Gasteiger partial charge in [-0.2, -0.15) is 0 Å². The molecule has 7 heteroatoms. The smallest absolute Gasteiger partial charge is 0.258 e. The van der Waals surface area contributed by atoms with Crippen LogP contribution in [0.1, 0.15) is 22.3 Å². The van der Waals surface area contributed by atoms with E-state index < -0.39 is 10.0 Å². The van der Waals surface area contributed by atoms with Crippen LogP contribution in [0.5, 0.6) is 5.75 Å². The van der Waals surface area contributed by atoms with Crippen molar-refractivity contribution in [2.75, 3.05) is 35.2 Å². The summed E-state index contributed by atoms with van der Waals surface area (Å²) in [5, 5.41) is 0. The van der Waals surface area contributed by atoms with Crippen molar-refractivity contribution in [2.24, 2.45) is 0 Å². The summed E-state index contributed by atoms with van der Waals surface area (Å²) in [6.45, 7) is 1.42. The fraction of sp³-hybridized carbons (Fsp3) is 0.316. The lowest BCUT2D eigenvalue weighted by Crippen LogP contribution is -2.38. The average Bonchev–Trinajstić information content (AvgIpc) is 2.65. The number of fused-ring (bicyclic) bond motifs is 2. The van der Waals surface area contributed by atoms with Crippen LogP contribution >= 0.6 is 0 Å². The Bertz CT molecular complexity index is 971. The van der Waals surface area contributed by atoms with Crippen LogP contribution in [-0.4, -0.2) is 40.3 Å². The molecule has 2 aliphatic rings. The SMILES string of the molecule is CS(=O)(=O)N1CCCc2cc(C(=O)N3CCOc4ccccc43)ccc21. The summed E-state index contributed by atoms with van der Waals surface area (Å²) in [4.78, 5) is 14.8. The van der Waals surface area contributed by atoms with Crippen molar-refractivity contribution in [1.29, 1.82) is 0 Å². The Labute approximate surface area is 153 Å². The second-order valence-corrected chi connectivity index (χ2v) is 8.46. The number of nitrogens with zero attached hydrogens (tertiary/aromatic N) is 2. The first-order valence-corrected chi connectivity index (χ1v) is 10.4. The van der Waals surface area contributed by atoms with Crippen molar-refractivity contribution in [1.82, 2.24) is 0 Å². The number of anilines is 2. The number of amides is 1. The zero-order chi connectivity index (χ0) is 18.3. The van der Waals surface area contributed by atoms with Crippen molar-refractivity contribution in [3.8, 4) is 5.75 Å². The standard InChI is InChI=1S/C19H20N2O4S/c1-26(23,24)21-10-4-5-14-13-15(8-9-16(14)21)19(22)20-11-12-25-18-7-3-2-6-17(18)20/h2-3,6-9,13H,4-5,10-12H2,1H3. The molecule has 2 aromatic rings. The van der Waals surface area contributed by atoms with Gasteiger partial charge in [-0.3, -0.25) is 9.10 Å². The Morgan fingerprint density at radius 1 is 1.08 bits per heavy atom. The van der Waals surface area contributed by atoms with Gasteiger partial charge in [-0.1, -0.05) is 12.1 Å². The lowest BCUT2D eigenvalue weighted by atomic mass is 10.00. The third-order valence-corrected chi connectivity index (χ3v) is 5.96. The van der Waals surface area contributed by atoms with Crippen LogP contribution < -0.4 is 13.9 Å². The number of hydrogen-bond acceptors (Lipinski definition) is 4. The van der Waals surface area contributed by atoms with Gasteiger partial charge in [-0.25, -0.2) is 8.42 Å². The van der Waals surface area contributed by atoms with E-state index in [-0.39, 0.29) is 5.91 Å². The number of rotatable bonds is 2. The zero-order valence-electron chi connectivity index (χ0n) is 14.5. The predicted molar refractivity (Wildman–Crippen MR) is 101 cm³/mol. The minimum absolute atomic E-state index is 0.0972. The summed E-state index contributed by atoms with van der Waals surface area (Å²) in [7, 11) is -3.31. The van der Waals surface area contributed by atoms with Crippen LogP contribution in [0.25, 0.3) is 0 Å². The highest BCUT2D eigenvalue weighted by atomic mass is 32.2. The van der Waals surface area contributed by atoms with Gasteiger partial charge < -0.3 is 9.64 Å². The minimum atomic E-state index is -3.31. The summed E-state index contributed by atoms with van der Waals surface area (Å²) in [6, 6.07) is 12.8. The molecule has 0 saturated carbocycles. The Morgan fingerprint density at radius 2 is 1.88 bits per heavy atom. The van der Waals surface area contributed by atoms with Crippen molar-refractivity contribution < 1.29 is 17.9 Å². The molecule has 0 unspecified atom stereocenters. The first kappa shape index (κ1) is 16.9. The van der Waals surface area contributed by atoms with Crippen LogP contribution in [0.15, 0.2) is 42.5 Å². The van der Waals surface area contributed by atoms with Gasteiger partial charge in [0.1, 0.15) is 12.4 Å². The second kappa shape index (κ2) is 6.32. The van der Waals surface area contributed by atoms with E-state index in [1.54, 1.807) is 17.0 Å². The molecule has 0 radical (unpaired) electrons. The molecule has 2 heterocycles. The lowest BCUT2D eigenvalue weighted by Gasteiger charge is -2.31. The fourth-order valence-electron chi connectivity index (χ4n) is 3.58. The molecule has 0 fully saturated rings. The third kappa shape index (κ3) is 2.92. The minimum Gasteiger partial charge on any atom is -0.490 e. The van der Waals surface area contributed by atoms with Gasteiger partial charge in [0.05, 0.1) is 24.2 Å². The monoisotopic (exact) mass is 372 g/mol. The third-order valence-electron chi connectivity index (χ3n) is 4.78. The summed E-state index contributed by atoms with van der Waals surface area (Å²) < 4.78 is 31.0. The van der Waals surface area contributed by atoms with Crippen LogP contribution in [0.4, 0.5) is 11.4 Å². The number of carbonyl (C=O) groups is 1. The largest absolute Gasteiger partial charge is 0.490 e. The van der Waals surface area contributed by atoms with Crippen LogP contribution in [0.3, 0.4) is 0 Å². The highest BCUT2D eigenvalue weighted by molar-refractivity contribution is 7.92. The Kier molecular flexibility index (Phi) is 4.11. The molecule has 4 rings (SSSR count). The van der Waals surface area contributed by atoms with Crippen molar-refractivity contribution in [3.63, 3.8) is 0 Å². The highest BCUT2D eigenvalue weighted by Gasteiger charge is 2.28. The van der Waals surface area contributed by atoms with E-state index in [0.717, 1.165) is 24.1 Å². The van der Waals surface area contributed by atoms with Gasteiger partial charge in [0.2, 0.25) is 10.0 Å². The molecule has 136 valence electrons. The van der Waals surface area contributed by atoms with Crippen LogP contribution in [0, 0.1) is 0 Å². The van der Waals surface area contributed by atoms with E-state index in [4.69, 9.17) is 4.74 Å².